The van der Waals surface area contributed by atoms with Crippen molar-refractivity contribution in [2.24, 2.45) is 0 Å². The third-order valence-corrected chi connectivity index (χ3v) is 4.35. The van der Waals surface area contributed by atoms with Gasteiger partial charge in [-0.3, -0.25) is 4.79 Å². The number of rotatable bonds is 6. The summed E-state index contributed by atoms with van der Waals surface area (Å²) in [7, 11) is 0. The lowest BCUT2D eigenvalue weighted by atomic mass is 10.1. The van der Waals surface area contributed by atoms with E-state index in [0.29, 0.717) is 22.4 Å². The number of para-hydroxylation sites is 1. The Morgan fingerprint density at radius 2 is 1.78 bits per heavy atom. The minimum Gasteiger partial charge on any atom is -0.462 e. The fourth-order valence-electron chi connectivity index (χ4n) is 3.05. The van der Waals surface area contributed by atoms with Gasteiger partial charge in [-0.1, -0.05) is 18.2 Å². The van der Waals surface area contributed by atoms with E-state index in [1.165, 1.54) is 0 Å². The van der Waals surface area contributed by atoms with E-state index in [-0.39, 0.29) is 18.1 Å². The highest BCUT2D eigenvalue weighted by atomic mass is 16.5. The van der Waals surface area contributed by atoms with Crippen LogP contribution in [0, 0.1) is 13.8 Å². The number of Topliss-reactive ketones (excluding diaryl/α,β-unsaturated/α-hetero) is 1. The zero-order valence-corrected chi connectivity index (χ0v) is 15.3. The van der Waals surface area contributed by atoms with Gasteiger partial charge in [0.15, 0.2) is 6.61 Å². The summed E-state index contributed by atoms with van der Waals surface area (Å²) in [5, 5.41) is 0.773. The van der Waals surface area contributed by atoms with Crippen LogP contribution in [0.1, 0.15) is 49.4 Å². The molecule has 0 bridgehead atoms. The maximum absolute atomic E-state index is 12.4. The van der Waals surface area contributed by atoms with Crippen LogP contribution in [0.5, 0.6) is 0 Å². The van der Waals surface area contributed by atoms with Gasteiger partial charge in [-0.2, -0.15) is 0 Å². The number of aromatic amines is 2. The van der Waals surface area contributed by atoms with Crippen molar-refractivity contribution >= 4 is 28.6 Å². The van der Waals surface area contributed by atoms with Gasteiger partial charge in [-0.05, 0) is 32.4 Å². The van der Waals surface area contributed by atoms with Gasteiger partial charge in [-0.25, -0.2) is 9.59 Å². The summed E-state index contributed by atoms with van der Waals surface area (Å²) in [6, 6.07) is 7.39. The van der Waals surface area contributed by atoms with Crippen molar-refractivity contribution in [3.05, 3.63) is 58.5 Å². The molecular weight excluding hydrogens is 348 g/mol. The fourth-order valence-corrected chi connectivity index (χ4v) is 3.05. The molecule has 2 heterocycles. The molecule has 2 aromatic heterocycles. The lowest BCUT2D eigenvalue weighted by Gasteiger charge is -2.04. The van der Waals surface area contributed by atoms with Gasteiger partial charge in [0.05, 0.1) is 12.2 Å². The number of ether oxygens (including phenoxy) is 2. The highest BCUT2D eigenvalue weighted by Crippen LogP contribution is 2.21. The molecule has 7 heteroatoms. The zero-order valence-electron chi connectivity index (χ0n) is 15.3. The smallest absolute Gasteiger partial charge is 0.355 e. The van der Waals surface area contributed by atoms with Crippen molar-refractivity contribution in [3.8, 4) is 0 Å². The number of fused-ring (bicyclic) bond motifs is 1. The fraction of sp³-hybridized carbons (Fsp3) is 0.250. The van der Waals surface area contributed by atoms with Crippen molar-refractivity contribution < 1.29 is 23.9 Å². The topological polar surface area (TPSA) is 101 Å². The molecule has 0 radical (unpaired) electrons. The number of carbonyl (C=O) groups is 3. The summed E-state index contributed by atoms with van der Waals surface area (Å²) in [5.74, 6) is -1.51. The average molecular weight is 368 g/mol. The summed E-state index contributed by atoms with van der Waals surface area (Å²) < 4.78 is 10.2. The monoisotopic (exact) mass is 368 g/mol. The molecule has 0 fully saturated rings. The van der Waals surface area contributed by atoms with Crippen molar-refractivity contribution in [2.45, 2.75) is 20.8 Å². The molecule has 140 valence electrons. The quantitative estimate of drug-likeness (QED) is 0.513. The molecule has 0 saturated carbocycles. The molecular formula is C20H20N2O5. The third kappa shape index (κ3) is 3.48. The van der Waals surface area contributed by atoms with Crippen LogP contribution < -0.4 is 0 Å². The number of esters is 2. The van der Waals surface area contributed by atoms with Crippen molar-refractivity contribution in [1.29, 1.82) is 0 Å². The van der Waals surface area contributed by atoms with Crippen LogP contribution in [0.15, 0.2) is 30.5 Å². The molecule has 0 aliphatic heterocycles. The van der Waals surface area contributed by atoms with E-state index in [9.17, 15) is 14.4 Å². The summed E-state index contributed by atoms with van der Waals surface area (Å²) >= 11 is 0. The Hall–Kier alpha value is -3.35. The number of H-pyrrole nitrogens is 2. The Morgan fingerprint density at radius 3 is 2.52 bits per heavy atom. The molecule has 2 N–H and O–H groups in total. The van der Waals surface area contributed by atoms with Crippen LogP contribution in [0.25, 0.3) is 10.9 Å². The van der Waals surface area contributed by atoms with E-state index in [0.717, 1.165) is 10.9 Å². The van der Waals surface area contributed by atoms with E-state index in [2.05, 4.69) is 9.97 Å². The van der Waals surface area contributed by atoms with Crippen LogP contribution >= 0.6 is 0 Å². The molecule has 0 aliphatic carbocycles. The molecule has 0 unspecified atom stereocenters. The van der Waals surface area contributed by atoms with Crippen molar-refractivity contribution in [1.82, 2.24) is 9.97 Å². The maximum atomic E-state index is 12.4. The Bertz CT molecular complexity index is 1030. The lowest BCUT2D eigenvalue weighted by Crippen LogP contribution is -2.15. The first-order chi connectivity index (χ1) is 12.9. The second-order valence-corrected chi connectivity index (χ2v) is 6.09. The molecule has 3 rings (SSSR count). The van der Waals surface area contributed by atoms with E-state index < -0.39 is 18.5 Å². The average Bonchev–Trinajstić information content (AvgIpc) is 3.20. The van der Waals surface area contributed by atoms with Crippen LogP contribution in [0.2, 0.25) is 0 Å². The zero-order chi connectivity index (χ0) is 19.6. The molecule has 0 saturated heterocycles. The Labute approximate surface area is 155 Å². The number of aryl methyl sites for hydroxylation is 1. The lowest BCUT2D eigenvalue weighted by molar-refractivity contribution is 0.0469. The first kappa shape index (κ1) is 18.4. The van der Waals surface area contributed by atoms with Gasteiger partial charge in [0.1, 0.15) is 5.69 Å². The van der Waals surface area contributed by atoms with E-state index >= 15 is 0 Å². The number of benzene rings is 1. The SMILES string of the molecule is CCOC(=O)c1c(C)[nH]c(C(=O)OCC(=O)c2c[nH]c3ccccc23)c1C. The van der Waals surface area contributed by atoms with E-state index in [4.69, 9.17) is 9.47 Å². The van der Waals surface area contributed by atoms with Gasteiger partial charge in [0.25, 0.3) is 0 Å². The molecule has 0 atom stereocenters. The molecule has 1 aromatic carbocycles. The Kier molecular flexibility index (Phi) is 5.12. The van der Waals surface area contributed by atoms with Crippen LogP contribution in [-0.4, -0.2) is 40.9 Å². The summed E-state index contributed by atoms with van der Waals surface area (Å²) in [6.45, 7) is 4.86. The molecule has 27 heavy (non-hydrogen) atoms. The van der Waals surface area contributed by atoms with E-state index in [1.54, 1.807) is 27.0 Å². The number of ketones is 1. The standard InChI is InChI=1S/C20H20N2O5/c1-4-26-19(24)17-11(2)18(22-12(17)3)20(25)27-10-16(23)14-9-21-15-8-6-5-7-13(14)15/h5-9,21-22H,4,10H2,1-3H3. The molecule has 7 nitrogen and oxygen atoms in total. The van der Waals surface area contributed by atoms with E-state index in [1.807, 2.05) is 24.3 Å². The largest absolute Gasteiger partial charge is 0.462 e. The first-order valence-corrected chi connectivity index (χ1v) is 8.56. The number of hydrogen-bond donors (Lipinski definition) is 2. The van der Waals surface area contributed by atoms with Crippen LogP contribution in [0.3, 0.4) is 0 Å². The Balaban J connectivity index is 1.74. The predicted octanol–water partition coefficient (Wildman–Crippen LogP) is 3.33. The highest BCUT2D eigenvalue weighted by Gasteiger charge is 2.24. The van der Waals surface area contributed by atoms with Gasteiger partial charge < -0.3 is 19.4 Å². The van der Waals surface area contributed by atoms with Gasteiger partial charge in [0.2, 0.25) is 5.78 Å². The van der Waals surface area contributed by atoms with Crippen molar-refractivity contribution in [2.75, 3.05) is 13.2 Å². The number of aromatic nitrogens is 2. The predicted molar refractivity (Wildman–Crippen MR) is 99.1 cm³/mol. The van der Waals surface area contributed by atoms with Gasteiger partial charge in [-0.15, -0.1) is 0 Å². The molecule has 0 aliphatic rings. The summed E-state index contributed by atoms with van der Waals surface area (Å²) in [4.78, 5) is 42.7. The molecule has 0 spiro atoms. The second-order valence-electron chi connectivity index (χ2n) is 6.09. The third-order valence-electron chi connectivity index (χ3n) is 4.35. The normalized spacial score (nSPS) is 10.8. The number of nitrogens with one attached hydrogen (secondary N) is 2. The van der Waals surface area contributed by atoms with Crippen LogP contribution in [0.4, 0.5) is 0 Å². The molecule has 3 aromatic rings. The Morgan fingerprint density at radius 1 is 1.04 bits per heavy atom. The van der Waals surface area contributed by atoms with Gasteiger partial charge in [0, 0.05) is 28.4 Å². The number of carbonyl (C=O) groups excluding carboxylic acids is 3. The second kappa shape index (κ2) is 7.49. The summed E-state index contributed by atoms with van der Waals surface area (Å²) in [5.41, 5.74) is 2.71. The highest BCUT2D eigenvalue weighted by molar-refractivity contribution is 6.09. The first-order valence-electron chi connectivity index (χ1n) is 8.56. The summed E-state index contributed by atoms with van der Waals surface area (Å²) in [6.07, 6.45) is 1.60. The minimum atomic E-state index is -0.695. The maximum Gasteiger partial charge on any atom is 0.355 e. The van der Waals surface area contributed by atoms with Crippen molar-refractivity contribution in [3.63, 3.8) is 0 Å². The minimum absolute atomic E-state index is 0.141. The van der Waals surface area contributed by atoms with Gasteiger partial charge >= 0.3 is 11.9 Å². The molecule has 0 amide bonds. The van der Waals surface area contributed by atoms with Crippen LogP contribution in [-0.2, 0) is 9.47 Å². The number of hydrogen-bond acceptors (Lipinski definition) is 5.